The van der Waals surface area contributed by atoms with E-state index in [0.717, 1.165) is 23.6 Å². The van der Waals surface area contributed by atoms with Crippen molar-refractivity contribution in [3.63, 3.8) is 0 Å². The molecule has 0 bridgehead atoms. The van der Waals surface area contributed by atoms with E-state index in [2.05, 4.69) is 24.1 Å². The summed E-state index contributed by atoms with van der Waals surface area (Å²) in [6.07, 6.45) is 2.42. The molecule has 0 unspecified atom stereocenters. The summed E-state index contributed by atoms with van der Waals surface area (Å²) in [5.74, 6) is 2.13. The highest BCUT2D eigenvalue weighted by Gasteiger charge is 2.30. The van der Waals surface area contributed by atoms with Crippen LogP contribution in [-0.4, -0.2) is 44.2 Å². The third-order valence-corrected chi connectivity index (χ3v) is 4.29. The van der Waals surface area contributed by atoms with Gasteiger partial charge in [-0.1, -0.05) is 13.8 Å². The summed E-state index contributed by atoms with van der Waals surface area (Å²) >= 11 is 0. The van der Waals surface area contributed by atoms with Crippen molar-refractivity contribution in [2.24, 2.45) is 5.92 Å². The third-order valence-electron chi connectivity index (χ3n) is 4.29. The van der Waals surface area contributed by atoms with E-state index in [0.29, 0.717) is 18.5 Å². The highest BCUT2D eigenvalue weighted by atomic mass is 16.5. The molecular weight excluding hydrogens is 304 g/mol. The van der Waals surface area contributed by atoms with Gasteiger partial charge in [0.25, 0.3) is 0 Å². The fourth-order valence-corrected chi connectivity index (χ4v) is 2.98. The average molecular weight is 334 g/mol. The second-order valence-electron chi connectivity index (χ2n) is 6.95. The zero-order valence-corrected chi connectivity index (χ0v) is 15.5. The highest BCUT2D eigenvalue weighted by molar-refractivity contribution is 5.78. The molecule has 0 aliphatic heterocycles. The van der Waals surface area contributed by atoms with Crippen LogP contribution < -0.4 is 14.8 Å². The minimum atomic E-state index is -0.136. The molecule has 1 amide bonds. The van der Waals surface area contributed by atoms with Gasteiger partial charge in [0.05, 0.1) is 26.8 Å². The first-order chi connectivity index (χ1) is 11.4. The Hall–Kier alpha value is -1.75. The molecule has 0 radical (unpaired) electrons. The van der Waals surface area contributed by atoms with Crippen molar-refractivity contribution in [2.45, 2.75) is 45.7 Å². The molecule has 1 fully saturated rings. The minimum absolute atomic E-state index is 0.0555. The van der Waals surface area contributed by atoms with Gasteiger partial charge >= 0.3 is 0 Å². The lowest BCUT2D eigenvalue weighted by molar-refractivity contribution is -0.123. The lowest BCUT2D eigenvalue weighted by atomic mass is 10.1. The van der Waals surface area contributed by atoms with Crippen LogP contribution in [0.5, 0.6) is 11.5 Å². The molecule has 5 nitrogen and oxygen atoms in total. The van der Waals surface area contributed by atoms with Gasteiger partial charge in [0.2, 0.25) is 5.91 Å². The van der Waals surface area contributed by atoms with E-state index < -0.39 is 0 Å². The Morgan fingerprint density at radius 3 is 2.50 bits per heavy atom. The van der Waals surface area contributed by atoms with Crippen molar-refractivity contribution < 1.29 is 14.3 Å². The van der Waals surface area contributed by atoms with E-state index in [1.54, 1.807) is 14.2 Å². The molecule has 1 atom stereocenters. The molecule has 1 saturated carbocycles. The number of carbonyl (C=O) groups is 1. The molecule has 1 aromatic carbocycles. The Morgan fingerprint density at radius 1 is 1.25 bits per heavy atom. The number of nitrogens with zero attached hydrogens (tertiary/aromatic N) is 1. The number of methoxy groups -OCH3 is 2. The van der Waals surface area contributed by atoms with Gasteiger partial charge in [-0.3, -0.25) is 9.69 Å². The molecule has 0 heterocycles. The van der Waals surface area contributed by atoms with Crippen molar-refractivity contribution in [1.82, 2.24) is 10.2 Å². The Morgan fingerprint density at radius 2 is 1.96 bits per heavy atom. The molecule has 134 valence electrons. The highest BCUT2D eigenvalue weighted by Crippen LogP contribution is 2.30. The van der Waals surface area contributed by atoms with E-state index in [9.17, 15) is 4.79 Å². The predicted octanol–water partition coefficient (Wildman–Crippen LogP) is 3.00. The van der Waals surface area contributed by atoms with Crippen molar-refractivity contribution in [2.75, 3.05) is 27.3 Å². The van der Waals surface area contributed by atoms with Gasteiger partial charge in [-0.25, -0.2) is 0 Å². The second kappa shape index (κ2) is 8.38. The van der Waals surface area contributed by atoms with Crippen molar-refractivity contribution in [3.05, 3.63) is 23.8 Å². The zero-order valence-electron chi connectivity index (χ0n) is 15.5. The average Bonchev–Trinajstić information content (AvgIpc) is 3.37. The van der Waals surface area contributed by atoms with E-state index in [4.69, 9.17) is 9.47 Å². The molecular formula is C19H30N2O3. The number of benzene rings is 1. The Balaban J connectivity index is 2.00. The van der Waals surface area contributed by atoms with Crippen molar-refractivity contribution in [1.29, 1.82) is 0 Å². The largest absolute Gasteiger partial charge is 0.497 e. The first-order valence-corrected chi connectivity index (χ1v) is 8.70. The Labute approximate surface area is 145 Å². The van der Waals surface area contributed by atoms with Crippen LogP contribution in [0, 0.1) is 5.92 Å². The fraction of sp³-hybridized carbons (Fsp3) is 0.632. The Kier molecular flexibility index (Phi) is 6.49. The maximum absolute atomic E-state index is 12.5. The summed E-state index contributed by atoms with van der Waals surface area (Å²) in [6.45, 7) is 7.78. The van der Waals surface area contributed by atoms with Crippen molar-refractivity contribution in [3.8, 4) is 11.5 Å². The van der Waals surface area contributed by atoms with Crippen LogP contribution in [0.3, 0.4) is 0 Å². The zero-order chi connectivity index (χ0) is 17.7. The second-order valence-corrected chi connectivity index (χ2v) is 6.95. The number of carbonyl (C=O) groups excluding carboxylic acids is 1. The number of rotatable bonds is 9. The first kappa shape index (κ1) is 18.6. The summed E-state index contributed by atoms with van der Waals surface area (Å²) in [5, 5.41) is 3.09. The van der Waals surface area contributed by atoms with Crippen LogP contribution in [0.25, 0.3) is 0 Å². The molecule has 0 aromatic heterocycles. The van der Waals surface area contributed by atoms with E-state index in [1.807, 2.05) is 25.1 Å². The summed E-state index contributed by atoms with van der Waals surface area (Å²) in [4.78, 5) is 14.8. The van der Waals surface area contributed by atoms with Crippen LogP contribution in [0.15, 0.2) is 18.2 Å². The van der Waals surface area contributed by atoms with Gasteiger partial charge in [0.15, 0.2) is 0 Å². The van der Waals surface area contributed by atoms with Crippen LogP contribution in [-0.2, 0) is 4.79 Å². The topological polar surface area (TPSA) is 50.8 Å². The van der Waals surface area contributed by atoms with E-state index in [-0.39, 0.29) is 11.9 Å². The number of ether oxygens (including phenoxy) is 2. The van der Waals surface area contributed by atoms with Crippen LogP contribution >= 0.6 is 0 Å². The minimum Gasteiger partial charge on any atom is -0.497 e. The van der Waals surface area contributed by atoms with Gasteiger partial charge in [-0.05, 0) is 43.9 Å². The number of amides is 1. The lowest BCUT2D eigenvalue weighted by Crippen LogP contribution is -2.41. The third kappa shape index (κ3) is 5.13. The lowest BCUT2D eigenvalue weighted by Gasteiger charge is -2.25. The molecule has 0 spiro atoms. The number of hydrogen-bond donors (Lipinski definition) is 1. The summed E-state index contributed by atoms with van der Waals surface area (Å²) in [6, 6.07) is 6.08. The standard InChI is InChI=1S/C19H30N2O3/c1-13(2)11-21(15-6-7-15)12-19(22)20-14(3)17-10-16(23-4)8-9-18(17)24-5/h8-10,13-15H,6-7,11-12H2,1-5H3,(H,20,22)/t14-/m0/s1. The molecule has 1 aromatic rings. The molecule has 1 N–H and O–H groups in total. The molecule has 2 rings (SSSR count). The van der Waals surface area contributed by atoms with Crippen LogP contribution in [0.1, 0.15) is 45.2 Å². The van der Waals surface area contributed by atoms with Crippen LogP contribution in [0.4, 0.5) is 0 Å². The van der Waals surface area contributed by atoms with Gasteiger partial charge in [0.1, 0.15) is 11.5 Å². The maximum atomic E-state index is 12.5. The molecule has 1 aliphatic rings. The monoisotopic (exact) mass is 334 g/mol. The molecule has 0 saturated heterocycles. The van der Waals surface area contributed by atoms with Gasteiger partial charge in [-0.2, -0.15) is 0 Å². The normalized spacial score (nSPS) is 15.5. The predicted molar refractivity (Wildman–Crippen MR) is 95.5 cm³/mol. The SMILES string of the molecule is COc1ccc(OC)c([C@H](C)NC(=O)CN(CC(C)C)C2CC2)c1. The molecule has 5 heteroatoms. The molecule has 24 heavy (non-hydrogen) atoms. The smallest absolute Gasteiger partial charge is 0.234 e. The van der Waals surface area contributed by atoms with E-state index >= 15 is 0 Å². The summed E-state index contributed by atoms with van der Waals surface area (Å²) in [7, 11) is 3.27. The van der Waals surface area contributed by atoms with Gasteiger partial charge in [-0.15, -0.1) is 0 Å². The summed E-state index contributed by atoms with van der Waals surface area (Å²) in [5.41, 5.74) is 0.923. The summed E-state index contributed by atoms with van der Waals surface area (Å²) < 4.78 is 10.7. The van der Waals surface area contributed by atoms with Gasteiger partial charge < -0.3 is 14.8 Å². The van der Waals surface area contributed by atoms with E-state index in [1.165, 1.54) is 12.8 Å². The first-order valence-electron chi connectivity index (χ1n) is 8.70. The Bertz CT molecular complexity index is 556. The quantitative estimate of drug-likeness (QED) is 0.754. The fourth-order valence-electron chi connectivity index (χ4n) is 2.98. The number of nitrogens with one attached hydrogen (secondary N) is 1. The molecule has 1 aliphatic carbocycles. The number of hydrogen-bond acceptors (Lipinski definition) is 4. The van der Waals surface area contributed by atoms with Crippen LogP contribution in [0.2, 0.25) is 0 Å². The maximum Gasteiger partial charge on any atom is 0.234 e. The van der Waals surface area contributed by atoms with Crippen molar-refractivity contribution >= 4 is 5.91 Å². The van der Waals surface area contributed by atoms with Gasteiger partial charge in [0, 0.05) is 18.2 Å².